The van der Waals surface area contributed by atoms with Crippen molar-refractivity contribution in [2.75, 3.05) is 13.7 Å². The summed E-state index contributed by atoms with van der Waals surface area (Å²) in [5.41, 5.74) is 0.669. The maximum Gasteiger partial charge on any atom is 0.255 e. The van der Waals surface area contributed by atoms with Crippen LogP contribution in [0.2, 0.25) is 0 Å². The lowest BCUT2D eigenvalue weighted by Gasteiger charge is -2.36. The smallest absolute Gasteiger partial charge is 0.255 e. The Bertz CT molecular complexity index is 442. The fourth-order valence-corrected chi connectivity index (χ4v) is 1.86. The Morgan fingerprint density at radius 3 is 2.65 bits per heavy atom. The van der Waals surface area contributed by atoms with Crippen molar-refractivity contribution >= 4 is 5.91 Å². The third kappa shape index (κ3) is 2.25. The molecule has 4 heteroatoms. The largest absolute Gasteiger partial charge is 0.495 e. The fraction of sp³-hybridized carbons (Fsp3) is 0.308. The van der Waals surface area contributed by atoms with Gasteiger partial charge in [-0.2, -0.15) is 0 Å². The van der Waals surface area contributed by atoms with E-state index in [0.29, 0.717) is 12.2 Å². The molecular weight excluding hydrogens is 216 g/mol. The van der Waals surface area contributed by atoms with Crippen LogP contribution in [0, 0.1) is 0 Å². The molecule has 0 fully saturated rings. The van der Waals surface area contributed by atoms with Crippen molar-refractivity contribution in [2.45, 2.75) is 13.0 Å². The van der Waals surface area contributed by atoms with Crippen molar-refractivity contribution in [3.63, 3.8) is 0 Å². The molecule has 1 aromatic carbocycles. The van der Waals surface area contributed by atoms with Crippen molar-refractivity contribution in [3.05, 3.63) is 47.9 Å². The highest BCUT2D eigenvalue weighted by Crippen LogP contribution is 2.16. The molecule has 17 heavy (non-hydrogen) atoms. The van der Waals surface area contributed by atoms with E-state index in [1.165, 1.54) is 0 Å². The van der Waals surface area contributed by atoms with Gasteiger partial charge in [0.2, 0.25) is 0 Å². The summed E-state index contributed by atoms with van der Waals surface area (Å²) in [5.74, 6) is 0.198. The minimum Gasteiger partial charge on any atom is -0.495 e. The predicted molar refractivity (Wildman–Crippen MR) is 65.4 cm³/mol. The molecule has 0 aliphatic carbocycles. The number of rotatable bonds is 1. The van der Waals surface area contributed by atoms with Gasteiger partial charge in [0.25, 0.3) is 5.91 Å². The molecule has 2 rings (SSSR count). The first kappa shape index (κ1) is 11.5. The van der Waals surface area contributed by atoms with Gasteiger partial charge in [-0.15, -0.1) is 0 Å². The molecule has 0 unspecified atom stereocenters. The first-order valence-corrected chi connectivity index (χ1v) is 5.57. The summed E-state index contributed by atoms with van der Waals surface area (Å²) >= 11 is 0. The molecule has 0 saturated heterocycles. The van der Waals surface area contributed by atoms with Gasteiger partial charge < -0.3 is 14.9 Å². The zero-order valence-corrected chi connectivity index (χ0v) is 10.00. The fourth-order valence-electron chi connectivity index (χ4n) is 1.86. The van der Waals surface area contributed by atoms with Crippen LogP contribution in [0.3, 0.4) is 0 Å². The topological polar surface area (TPSA) is 43.8 Å². The summed E-state index contributed by atoms with van der Waals surface area (Å²) < 4.78 is 0. The highest BCUT2D eigenvalue weighted by atomic mass is 16.3. The average Bonchev–Trinajstić information content (AvgIpc) is 2.34. The summed E-state index contributed by atoms with van der Waals surface area (Å²) in [4.78, 5) is 15.6. The van der Waals surface area contributed by atoms with Gasteiger partial charge in [0, 0.05) is 12.6 Å². The molecule has 1 atom stereocenters. The normalized spacial score (nSPS) is 20.1. The first-order valence-electron chi connectivity index (χ1n) is 5.57. The van der Waals surface area contributed by atoms with Gasteiger partial charge in [-0.05, 0) is 25.1 Å². The minimum absolute atomic E-state index is 0.0197. The van der Waals surface area contributed by atoms with Crippen molar-refractivity contribution < 1.29 is 9.90 Å². The highest BCUT2D eigenvalue weighted by Gasteiger charge is 2.26. The van der Waals surface area contributed by atoms with E-state index in [2.05, 4.69) is 0 Å². The van der Waals surface area contributed by atoms with Crippen molar-refractivity contribution in [3.8, 4) is 0 Å². The van der Waals surface area contributed by atoms with Gasteiger partial charge in [-0.1, -0.05) is 18.2 Å². The van der Waals surface area contributed by atoms with E-state index >= 15 is 0 Å². The summed E-state index contributed by atoms with van der Waals surface area (Å²) in [5, 5.41) is 9.57. The molecule has 1 heterocycles. The van der Waals surface area contributed by atoms with E-state index < -0.39 is 0 Å². The average molecular weight is 232 g/mol. The molecule has 1 aliphatic rings. The van der Waals surface area contributed by atoms with Gasteiger partial charge in [-0.3, -0.25) is 4.79 Å². The third-order valence-electron chi connectivity index (χ3n) is 2.92. The van der Waals surface area contributed by atoms with Gasteiger partial charge in [0.1, 0.15) is 0 Å². The Kier molecular flexibility index (Phi) is 3.04. The van der Waals surface area contributed by atoms with Crippen LogP contribution < -0.4 is 0 Å². The predicted octanol–water partition coefficient (Wildman–Crippen LogP) is 1.82. The zero-order chi connectivity index (χ0) is 12.4. The quantitative estimate of drug-likeness (QED) is 0.803. The number of carbonyl (C=O) groups is 1. The number of hydrogen-bond donors (Lipinski definition) is 1. The number of aliphatic hydroxyl groups is 1. The number of nitrogens with zero attached hydrogens (tertiary/aromatic N) is 2. The monoisotopic (exact) mass is 232 g/mol. The van der Waals surface area contributed by atoms with E-state index in [1.54, 1.807) is 35.1 Å². The van der Waals surface area contributed by atoms with Gasteiger partial charge in [-0.25, -0.2) is 0 Å². The second-order valence-electron chi connectivity index (χ2n) is 4.25. The van der Waals surface area contributed by atoms with Crippen LogP contribution in [0.1, 0.15) is 17.3 Å². The third-order valence-corrected chi connectivity index (χ3v) is 2.92. The minimum atomic E-state index is -0.0982. The number of amides is 1. The summed E-state index contributed by atoms with van der Waals surface area (Å²) in [7, 11) is 1.75. The second-order valence-corrected chi connectivity index (χ2v) is 4.25. The summed E-state index contributed by atoms with van der Waals surface area (Å²) in [6, 6.07) is 9.07. The van der Waals surface area contributed by atoms with Crippen LogP contribution in [-0.2, 0) is 0 Å². The van der Waals surface area contributed by atoms with E-state index in [-0.39, 0.29) is 17.8 Å². The number of carbonyl (C=O) groups excluding carboxylic acids is 1. The Balaban J connectivity index is 2.22. The van der Waals surface area contributed by atoms with Crippen LogP contribution in [0.4, 0.5) is 0 Å². The van der Waals surface area contributed by atoms with E-state index in [1.807, 2.05) is 25.1 Å². The molecule has 1 amide bonds. The lowest BCUT2D eigenvalue weighted by Crippen LogP contribution is -2.47. The van der Waals surface area contributed by atoms with Crippen LogP contribution in [0.25, 0.3) is 0 Å². The standard InChI is InChI=1S/C13H16N2O2/c1-10-8-12(16)14(2)9-15(10)13(17)11-6-4-3-5-7-11/h3-8,10,16H,9H2,1-2H3/t10-/m0/s1. The highest BCUT2D eigenvalue weighted by molar-refractivity contribution is 5.94. The molecule has 1 aromatic rings. The first-order chi connectivity index (χ1) is 8.09. The van der Waals surface area contributed by atoms with E-state index in [4.69, 9.17) is 0 Å². The number of benzene rings is 1. The van der Waals surface area contributed by atoms with Crippen LogP contribution in [-0.4, -0.2) is 40.6 Å². The van der Waals surface area contributed by atoms with Crippen molar-refractivity contribution in [1.82, 2.24) is 9.80 Å². The zero-order valence-electron chi connectivity index (χ0n) is 10.00. The molecular formula is C13H16N2O2. The maximum atomic E-state index is 12.3. The molecule has 1 aliphatic heterocycles. The van der Waals surface area contributed by atoms with Gasteiger partial charge in [0.05, 0.1) is 12.7 Å². The Labute approximate surface area is 101 Å². The molecule has 0 saturated carbocycles. The molecule has 0 bridgehead atoms. The van der Waals surface area contributed by atoms with E-state index in [9.17, 15) is 9.90 Å². The molecule has 0 spiro atoms. The molecule has 4 nitrogen and oxygen atoms in total. The molecule has 1 N–H and O–H groups in total. The van der Waals surface area contributed by atoms with Crippen LogP contribution in [0.15, 0.2) is 42.3 Å². The summed E-state index contributed by atoms with van der Waals surface area (Å²) in [6.07, 6.45) is 1.67. The SMILES string of the molecule is C[C@H]1C=C(O)N(C)CN1C(=O)c1ccccc1. The van der Waals surface area contributed by atoms with Gasteiger partial charge >= 0.3 is 0 Å². The number of hydrogen-bond acceptors (Lipinski definition) is 3. The lowest BCUT2D eigenvalue weighted by atomic mass is 10.1. The van der Waals surface area contributed by atoms with Crippen LogP contribution >= 0.6 is 0 Å². The molecule has 0 aromatic heterocycles. The van der Waals surface area contributed by atoms with E-state index in [0.717, 1.165) is 0 Å². The van der Waals surface area contributed by atoms with Crippen molar-refractivity contribution in [1.29, 1.82) is 0 Å². The summed E-state index contributed by atoms with van der Waals surface area (Å²) in [6.45, 7) is 2.29. The maximum absolute atomic E-state index is 12.3. The molecule has 0 radical (unpaired) electrons. The Morgan fingerprint density at radius 2 is 2.00 bits per heavy atom. The van der Waals surface area contributed by atoms with Crippen LogP contribution in [0.5, 0.6) is 0 Å². The Hall–Kier alpha value is -1.97. The molecule has 90 valence electrons. The second kappa shape index (κ2) is 4.49. The Morgan fingerprint density at radius 1 is 1.35 bits per heavy atom. The number of aliphatic hydroxyl groups excluding tert-OH is 1. The lowest BCUT2D eigenvalue weighted by molar-refractivity contribution is 0.0513. The van der Waals surface area contributed by atoms with Gasteiger partial charge in [0.15, 0.2) is 5.88 Å². The van der Waals surface area contributed by atoms with Crippen molar-refractivity contribution in [2.24, 2.45) is 0 Å².